The van der Waals surface area contributed by atoms with Gasteiger partial charge in [0.05, 0.1) is 6.54 Å². The van der Waals surface area contributed by atoms with Gasteiger partial charge in [-0.15, -0.1) is 10.2 Å². The van der Waals surface area contributed by atoms with Gasteiger partial charge in [-0.2, -0.15) is 0 Å². The number of pyridine rings is 1. The van der Waals surface area contributed by atoms with Crippen molar-refractivity contribution in [2.45, 2.75) is 13.0 Å². The van der Waals surface area contributed by atoms with Crippen LogP contribution in [0, 0.1) is 0 Å². The molecule has 164 valence electrons. The maximum absolute atomic E-state index is 12.7. The Hall–Kier alpha value is -3.18. The largest absolute Gasteiger partial charge is 0.353 e. The predicted octanol–water partition coefficient (Wildman–Crippen LogP) is -0.622. The summed E-state index contributed by atoms with van der Waals surface area (Å²) in [5.41, 5.74) is 0.142. The molecular weight excluding hydrogens is 398 g/mol. The third-order valence-electron chi connectivity index (χ3n) is 5.54. The number of anilines is 1. The van der Waals surface area contributed by atoms with Gasteiger partial charge in [-0.05, 0) is 31.6 Å². The quantitative estimate of drug-likeness (QED) is 0.495. The maximum Gasteiger partial charge on any atom is 0.332 e. The molecule has 0 aliphatic carbocycles. The fraction of sp³-hybridized carbons (Fsp3) is 0.500. The van der Waals surface area contributed by atoms with E-state index < -0.39 is 11.2 Å². The van der Waals surface area contributed by atoms with Crippen LogP contribution in [-0.2, 0) is 13.6 Å². The number of aromatic nitrogens is 6. The van der Waals surface area contributed by atoms with Gasteiger partial charge in [0, 0.05) is 52.2 Å². The van der Waals surface area contributed by atoms with Crippen LogP contribution in [0.1, 0.15) is 12.0 Å². The van der Waals surface area contributed by atoms with E-state index >= 15 is 0 Å². The Morgan fingerprint density at radius 1 is 1.10 bits per heavy atom. The van der Waals surface area contributed by atoms with E-state index in [1.807, 2.05) is 6.07 Å². The molecule has 1 saturated heterocycles. The molecule has 1 aliphatic heterocycles. The molecule has 1 aliphatic rings. The van der Waals surface area contributed by atoms with Crippen LogP contribution in [0.15, 0.2) is 34.1 Å². The summed E-state index contributed by atoms with van der Waals surface area (Å²) >= 11 is 0. The Balaban J connectivity index is 1.49. The third-order valence-corrected chi connectivity index (χ3v) is 5.54. The lowest BCUT2D eigenvalue weighted by atomic mass is 10.3. The molecule has 0 aromatic carbocycles. The van der Waals surface area contributed by atoms with Crippen molar-refractivity contribution in [2.75, 3.05) is 51.6 Å². The van der Waals surface area contributed by atoms with E-state index in [9.17, 15) is 9.59 Å². The van der Waals surface area contributed by atoms with Gasteiger partial charge in [0.1, 0.15) is 0 Å². The van der Waals surface area contributed by atoms with Crippen molar-refractivity contribution >= 4 is 17.1 Å². The summed E-state index contributed by atoms with van der Waals surface area (Å²) in [4.78, 5) is 38.5. The Morgan fingerprint density at radius 2 is 1.90 bits per heavy atom. The van der Waals surface area contributed by atoms with E-state index in [0.717, 1.165) is 49.3 Å². The van der Waals surface area contributed by atoms with Gasteiger partial charge in [0.2, 0.25) is 5.95 Å². The summed E-state index contributed by atoms with van der Waals surface area (Å²) in [5.74, 6) is 0.287. The molecule has 4 heterocycles. The highest BCUT2D eigenvalue weighted by molar-refractivity contribution is 5.69. The first-order valence-corrected chi connectivity index (χ1v) is 10.4. The molecule has 11 nitrogen and oxygen atoms in total. The first kappa shape index (κ1) is 21.1. The van der Waals surface area contributed by atoms with Crippen molar-refractivity contribution in [1.82, 2.24) is 39.1 Å². The van der Waals surface area contributed by atoms with Crippen LogP contribution < -0.4 is 16.6 Å². The molecule has 11 heteroatoms. The SMILES string of the molecule is CN1CCN(CCCNc2nnc3c(n2)c(=O)n(C)c(=O)n3Cc2cccnc2)CC1. The molecule has 0 spiro atoms. The molecule has 0 unspecified atom stereocenters. The molecule has 4 rings (SSSR count). The predicted molar refractivity (Wildman–Crippen MR) is 117 cm³/mol. The van der Waals surface area contributed by atoms with E-state index in [0.29, 0.717) is 6.54 Å². The summed E-state index contributed by atoms with van der Waals surface area (Å²) in [6.45, 7) is 6.24. The first-order valence-electron chi connectivity index (χ1n) is 10.4. The summed E-state index contributed by atoms with van der Waals surface area (Å²) in [5, 5.41) is 11.4. The molecule has 0 saturated carbocycles. The molecule has 3 aromatic heterocycles. The van der Waals surface area contributed by atoms with E-state index in [1.165, 1.54) is 11.6 Å². The molecule has 1 N–H and O–H groups in total. The zero-order chi connectivity index (χ0) is 21.8. The Morgan fingerprint density at radius 3 is 2.65 bits per heavy atom. The molecule has 0 radical (unpaired) electrons. The molecule has 1 fully saturated rings. The lowest BCUT2D eigenvalue weighted by molar-refractivity contribution is 0.154. The van der Waals surface area contributed by atoms with Gasteiger partial charge in [0.25, 0.3) is 5.56 Å². The van der Waals surface area contributed by atoms with E-state index in [1.54, 1.807) is 18.5 Å². The standard InChI is InChI=1S/C20H27N9O2/c1-26-9-11-28(12-10-26)8-4-7-22-19-23-16-17(24-25-19)29(20(31)27(2)18(16)30)14-15-5-3-6-21-13-15/h3,5-6,13H,4,7-12,14H2,1-2H3,(H,22,23,25). The number of piperazine rings is 1. The van der Waals surface area contributed by atoms with Crippen molar-refractivity contribution in [3.63, 3.8) is 0 Å². The smallest absolute Gasteiger partial charge is 0.332 e. The number of rotatable bonds is 7. The van der Waals surface area contributed by atoms with Crippen LogP contribution in [0.25, 0.3) is 11.2 Å². The molecule has 0 amide bonds. The topological polar surface area (TPSA) is 114 Å². The Bertz CT molecular complexity index is 1150. The molecule has 0 atom stereocenters. The zero-order valence-corrected chi connectivity index (χ0v) is 17.9. The fourth-order valence-electron chi connectivity index (χ4n) is 3.63. The number of likely N-dealkylation sites (N-methyl/N-ethyl adjacent to an activating group) is 1. The number of nitrogens with zero attached hydrogens (tertiary/aromatic N) is 8. The number of hydrogen-bond donors (Lipinski definition) is 1. The summed E-state index contributed by atoms with van der Waals surface area (Å²) in [6.07, 6.45) is 4.26. The van der Waals surface area contributed by atoms with Crippen molar-refractivity contribution in [3.8, 4) is 0 Å². The summed E-state index contributed by atoms with van der Waals surface area (Å²) in [6, 6.07) is 3.65. The molecular formula is C20H27N9O2. The minimum absolute atomic E-state index is 0.113. The second-order valence-electron chi connectivity index (χ2n) is 7.83. The van der Waals surface area contributed by atoms with Crippen LogP contribution in [0.5, 0.6) is 0 Å². The lowest BCUT2D eigenvalue weighted by Gasteiger charge is -2.32. The van der Waals surface area contributed by atoms with Crippen LogP contribution >= 0.6 is 0 Å². The van der Waals surface area contributed by atoms with Crippen molar-refractivity contribution in [2.24, 2.45) is 7.05 Å². The van der Waals surface area contributed by atoms with Crippen LogP contribution in [-0.4, -0.2) is 85.4 Å². The second kappa shape index (κ2) is 9.31. The third kappa shape index (κ3) is 4.78. The van der Waals surface area contributed by atoms with Gasteiger partial charge in [-0.25, -0.2) is 9.78 Å². The molecule has 3 aromatic rings. The normalized spacial score (nSPS) is 15.4. The minimum atomic E-state index is -0.488. The monoisotopic (exact) mass is 425 g/mol. The summed E-state index contributed by atoms with van der Waals surface area (Å²) < 4.78 is 2.44. The van der Waals surface area contributed by atoms with Crippen molar-refractivity contribution < 1.29 is 0 Å². The van der Waals surface area contributed by atoms with Crippen LogP contribution in [0.4, 0.5) is 5.95 Å². The number of nitrogens with one attached hydrogen (secondary N) is 1. The maximum atomic E-state index is 12.7. The average molecular weight is 425 g/mol. The second-order valence-corrected chi connectivity index (χ2v) is 7.83. The lowest BCUT2D eigenvalue weighted by Crippen LogP contribution is -2.44. The molecule has 31 heavy (non-hydrogen) atoms. The number of hydrogen-bond acceptors (Lipinski definition) is 9. The fourth-order valence-corrected chi connectivity index (χ4v) is 3.63. The van der Waals surface area contributed by atoms with E-state index in [4.69, 9.17) is 0 Å². The van der Waals surface area contributed by atoms with Crippen molar-refractivity contribution in [3.05, 3.63) is 50.9 Å². The molecule has 0 bridgehead atoms. The van der Waals surface area contributed by atoms with Gasteiger partial charge in [0.15, 0.2) is 11.2 Å². The van der Waals surface area contributed by atoms with E-state index in [2.05, 4.69) is 42.3 Å². The highest BCUT2D eigenvalue weighted by Crippen LogP contribution is 2.07. The van der Waals surface area contributed by atoms with Crippen LogP contribution in [0.2, 0.25) is 0 Å². The van der Waals surface area contributed by atoms with Crippen molar-refractivity contribution in [1.29, 1.82) is 0 Å². The highest BCUT2D eigenvalue weighted by atomic mass is 16.2. The van der Waals surface area contributed by atoms with Gasteiger partial charge in [-0.3, -0.25) is 18.9 Å². The minimum Gasteiger partial charge on any atom is -0.353 e. The average Bonchev–Trinajstić information content (AvgIpc) is 2.80. The Labute approximate surface area is 179 Å². The van der Waals surface area contributed by atoms with Gasteiger partial charge in [-0.1, -0.05) is 6.07 Å². The summed E-state index contributed by atoms with van der Waals surface area (Å²) in [7, 11) is 3.58. The van der Waals surface area contributed by atoms with E-state index in [-0.39, 0.29) is 23.7 Å². The zero-order valence-electron chi connectivity index (χ0n) is 17.9. The first-order chi connectivity index (χ1) is 15.0. The number of fused-ring (bicyclic) bond motifs is 1. The van der Waals surface area contributed by atoms with Gasteiger partial charge >= 0.3 is 5.69 Å². The van der Waals surface area contributed by atoms with Crippen LogP contribution in [0.3, 0.4) is 0 Å². The van der Waals surface area contributed by atoms with Gasteiger partial charge < -0.3 is 15.1 Å². The highest BCUT2D eigenvalue weighted by Gasteiger charge is 2.16. The Kier molecular flexibility index (Phi) is 6.33.